The average Bonchev–Trinajstić information content (AvgIpc) is 2.22. The minimum atomic E-state index is -1.18. The van der Waals surface area contributed by atoms with Crippen LogP contribution in [0.5, 0.6) is 5.75 Å². The standard InChI is InChI=1S/C10H10ClFO4/c1-15-5-9(10(13)14)16-6-2-3-7(11)8(12)4-6/h2-4,9H,5H2,1H3,(H,13,14). The summed E-state index contributed by atoms with van der Waals surface area (Å²) < 4.78 is 22.7. The number of hydrogen-bond acceptors (Lipinski definition) is 3. The van der Waals surface area contributed by atoms with Gasteiger partial charge in [0.2, 0.25) is 6.10 Å². The van der Waals surface area contributed by atoms with Crippen molar-refractivity contribution in [2.24, 2.45) is 0 Å². The maximum absolute atomic E-state index is 13.0. The smallest absolute Gasteiger partial charge is 0.347 e. The first-order chi connectivity index (χ1) is 7.54. The molecule has 0 bridgehead atoms. The van der Waals surface area contributed by atoms with E-state index in [0.29, 0.717) is 0 Å². The number of carboxylic acid groups (broad SMARTS) is 1. The molecule has 0 saturated heterocycles. The van der Waals surface area contributed by atoms with Gasteiger partial charge in [-0.1, -0.05) is 11.6 Å². The van der Waals surface area contributed by atoms with E-state index in [0.717, 1.165) is 6.07 Å². The fourth-order valence-electron chi connectivity index (χ4n) is 1.02. The summed E-state index contributed by atoms with van der Waals surface area (Å²) in [6, 6.07) is 3.70. The number of carboxylic acids is 1. The van der Waals surface area contributed by atoms with Gasteiger partial charge in [-0.05, 0) is 12.1 Å². The minimum Gasteiger partial charge on any atom is -0.478 e. The lowest BCUT2D eigenvalue weighted by Gasteiger charge is -2.14. The molecule has 1 aromatic carbocycles. The van der Waals surface area contributed by atoms with Crippen LogP contribution in [-0.4, -0.2) is 30.9 Å². The Morgan fingerprint density at radius 1 is 1.62 bits per heavy atom. The largest absolute Gasteiger partial charge is 0.478 e. The zero-order valence-electron chi connectivity index (χ0n) is 8.44. The summed E-state index contributed by atoms with van der Waals surface area (Å²) in [5.41, 5.74) is 0. The van der Waals surface area contributed by atoms with Crippen LogP contribution in [0.25, 0.3) is 0 Å². The Bertz CT molecular complexity index is 383. The molecule has 16 heavy (non-hydrogen) atoms. The number of benzene rings is 1. The second-order valence-corrected chi connectivity index (χ2v) is 3.38. The van der Waals surface area contributed by atoms with Gasteiger partial charge in [0.15, 0.2) is 0 Å². The first kappa shape index (κ1) is 12.7. The lowest BCUT2D eigenvalue weighted by atomic mass is 10.3. The lowest BCUT2D eigenvalue weighted by molar-refractivity contribution is -0.147. The van der Waals surface area contributed by atoms with E-state index in [-0.39, 0.29) is 17.4 Å². The molecular weight excluding hydrogens is 239 g/mol. The summed E-state index contributed by atoms with van der Waals surface area (Å²) in [7, 11) is 1.35. The number of halogens is 2. The SMILES string of the molecule is COCC(Oc1ccc(Cl)c(F)c1)C(=O)O. The number of hydrogen-bond donors (Lipinski definition) is 1. The van der Waals surface area contributed by atoms with Gasteiger partial charge in [-0.25, -0.2) is 9.18 Å². The van der Waals surface area contributed by atoms with Gasteiger partial charge >= 0.3 is 5.97 Å². The summed E-state index contributed by atoms with van der Waals surface area (Å²) in [6.45, 7) is -0.125. The molecule has 6 heteroatoms. The van der Waals surface area contributed by atoms with Crippen LogP contribution < -0.4 is 4.74 Å². The Morgan fingerprint density at radius 3 is 2.81 bits per heavy atom. The number of rotatable bonds is 5. The molecule has 0 heterocycles. The van der Waals surface area contributed by atoms with Crippen molar-refractivity contribution in [3.63, 3.8) is 0 Å². The highest BCUT2D eigenvalue weighted by molar-refractivity contribution is 6.30. The van der Waals surface area contributed by atoms with Gasteiger partial charge in [-0.3, -0.25) is 0 Å². The van der Waals surface area contributed by atoms with Crippen molar-refractivity contribution in [3.05, 3.63) is 29.0 Å². The van der Waals surface area contributed by atoms with Crippen molar-refractivity contribution >= 4 is 17.6 Å². The number of ether oxygens (including phenoxy) is 2. The first-order valence-electron chi connectivity index (χ1n) is 4.38. The molecular formula is C10H10ClFO4. The van der Waals surface area contributed by atoms with Gasteiger partial charge in [0.05, 0.1) is 11.6 Å². The van der Waals surface area contributed by atoms with Crippen molar-refractivity contribution < 1.29 is 23.8 Å². The van der Waals surface area contributed by atoms with E-state index in [1.165, 1.54) is 19.2 Å². The zero-order chi connectivity index (χ0) is 12.1. The molecule has 1 aromatic rings. The van der Waals surface area contributed by atoms with Gasteiger partial charge in [0.25, 0.3) is 0 Å². The van der Waals surface area contributed by atoms with Crippen LogP contribution in [0.1, 0.15) is 0 Å². The van der Waals surface area contributed by atoms with Gasteiger partial charge in [0, 0.05) is 13.2 Å². The molecule has 88 valence electrons. The monoisotopic (exact) mass is 248 g/mol. The van der Waals surface area contributed by atoms with Crippen LogP contribution in [0.15, 0.2) is 18.2 Å². The van der Waals surface area contributed by atoms with E-state index in [4.69, 9.17) is 21.4 Å². The number of methoxy groups -OCH3 is 1. The third kappa shape index (κ3) is 3.36. The average molecular weight is 249 g/mol. The normalized spacial score (nSPS) is 12.2. The van der Waals surface area contributed by atoms with Crippen molar-refractivity contribution in [2.75, 3.05) is 13.7 Å². The summed E-state index contributed by atoms with van der Waals surface area (Å²) in [5.74, 6) is -1.76. The number of carbonyl (C=O) groups is 1. The lowest BCUT2D eigenvalue weighted by Crippen LogP contribution is -2.31. The zero-order valence-corrected chi connectivity index (χ0v) is 9.20. The number of aliphatic carboxylic acids is 1. The highest BCUT2D eigenvalue weighted by Crippen LogP contribution is 2.21. The molecule has 1 atom stereocenters. The van der Waals surface area contributed by atoms with Gasteiger partial charge < -0.3 is 14.6 Å². The topological polar surface area (TPSA) is 55.8 Å². The van der Waals surface area contributed by atoms with Gasteiger partial charge in [-0.2, -0.15) is 0 Å². The van der Waals surface area contributed by atoms with Crippen LogP contribution in [-0.2, 0) is 9.53 Å². The Labute approximate surface area is 96.5 Å². The summed E-state index contributed by atoms with van der Waals surface area (Å²) in [5, 5.41) is 8.71. The molecule has 4 nitrogen and oxygen atoms in total. The van der Waals surface area contributed by atoms with Crippen LogP contribution in [0, 0.1) is 5.82 Å². The molecule has 0 aliphatic rings. The molecule has 1 N–H and O–H groups in total. The molecule has 0 aliphatic heterocycles. The highest BCUT2D eigenvalue weighted by Gasteiger charge is 2.19. The minimum absolute atomic E-state index is 0.0500. The molecule has 0 aliphatic carbocycles. The second-order valence-electron chi connectivity index (χ2n) is 2.98. The van der Waals surface area contributed by atoms with E-state index in [1.54, 1.807) is 0 Å². The quantitative estimate of drug-likeness (QED) is 0.865. The fourth-order valence-corrected chi connectivity index (χ4v) is 1.14. The molecule has 0 amide bonds. The van der Waals surface area contributed by atoms with E-state index < -0.39 is 17.9 Å². The second kappa shape index (κ2) is 5.67. The molecule has 0 aromatic heterocycles. The Morgan fingerprint density at radius 2 is 2.31 bits per heavy atom. The first-order valence-corrected chi connectivity index (χ1v) is 4.76. The Balaban J connectivity index is 2.77. The van der Waals surface area contributed by atoms with E-state index in [9.17, 15) is 9.18 Å². The van der Waals surface area contributed by atoms with Gasteiger partial charge in [-0.15, -0.1) is 0 Å². The third-order valence-corrected chi connectivity index (χ3v) is 2.07. The molecule has 0 radical (unpaired) electrons. The highest BCUT2D eigenvalue weighted by atomic mass is 35.5. The van der Waals surface area contributed by atoms with Gasteiger partial charge in [0.1, 0.15) is 11.6 Å². The molecule has 1 rings (SSSR count). The summed E-state index contributed by atoms with van der Waals surface area (Å²) >= 11 is 5.47. The van der Waals surface area contributed by atoms with Crippen LogP contribution in [0.2, 0.25) is 5.02 Å². The molecule has 0 fully saturated rings. The Hall–Kier alpha value is -1.33. The van der Waals surface area contributed by atoms with Crippen LogP contribution in [0.4, 0.5) is 4.39 Å². The molecule has 1 unspecified atom stereocenters. The van der Waals surface area contributed by atoms with E-state index in [2.05, 4.69) is 4.74 Å². The van der Waals surface area contributed by atoms with Crippen molar-refractivity contribution in [1.82, 2.24) is 0 Å². The maximum atomic E-state index is 13.0. The van der Waals surface area contributed by atoms with E-state index >= 15 is 0 Å². The van der Waals surface area contributed by atoms with Crippen molar-refractivity contribution in [3.8, 4) is 5.75 Å². The van der Waals surface area contributed by atoms with Crippen LogP contribution >= 0.6 is 11.6 Å². The fraction of sp³-hybridized carbons (Fsp3) is 0.300. The Kier molecular flexibility index (Phi) is 4.52. The van der Waals surface area contributed by atoms with Crippen molar-refractivity contribution in [2.45, 2.75) is 6.10 Å². The third-order valence-electron chi connectivity index (χ3n) is 1.76. The summed E-state index contributed by atoms with van der Waals surface area (Å²) in [6.07, 6.45) is -1.18. The predicted molar refractivity (Wildman–Crippen MR) is 55.3 cm³/mol. The summed E-state index contributed by atoms with van der Waals surface area (Å²) in [4.78, 5) is 10.7. The van der Waals surface area contributed by atoms with Crippen LogP contribution in [0.3, 0.4) is 0 Å². The maximum Gasteiger partial charge on any atom is 0.347 e. The van der Waals surface area contributed by atoms with E-state index in [1.807, 2.05) is 0 Å². The predicted octanol–water partition coefficient (Wildman–Crippen LogP) is 1.96. The van der Waals surface area contributed by atoms with Crippen molar-refractivity contribution in [1.29, 1.82) is 0 Å². The molecule has 0 spiro atoms. The molecule has 0 saturated carbocycles.